The first-order chi connectivity index (χ1) is 11.9. The van der Waals surface area contributed by atoms with E-state index in [0.717, 1.165) is 13.1 Å². The average Bonchev–Trinajstić information content (AvgIpc) is 2.59. The van der Waals surface area contributed by atoms with Crippen molar-refractivity contribution in [3.63, 3.8) is 0 Å². The number of rotatable bonds is 7. The maximum Gasteiger partial charge on any atom is 0.144 e. The van der Waals surface area contributed by atoms with Gasteiger partial charge in [0, 0.05) is 25.3 Å². The summed E-state index contributed by atoms with van der Waals surface area (Å²) >= 11 is 0. The molecule has 0 amide bonds. The van der Waals surface area contributed by atoms with Gasteiger partial charge in [-0.2, -0.15) is 4.40 Å². The maximum absolute atomic E-state index is 12.2. The minimum absolute atomic E-state index is 0.0895. The van der Waals surface area contributed by atoms with Crippen LogP contribution in [0.4, 0.5) is 0 Å². The Bertz CT molecular complexity index is 651. The SMILES string of the molecule is C[C@@H](/C=N\S(=O)C(C)(C)C)N(Cc1ccccc1)Cc1ccccc1. The molecular weight excluding hydrogens is 328 g/mol. The van der Waals surface area contributed by atoms with Crippen molar-refractivity contribution >= 4 is 17.2 Å². The summed E-state index contributed by atoms with van der Waals surface area (Å²) in [4.78, 5) is 2.34. The van der Waals surface area contributed by atoms with Crippen molar-refractivity contribution in [2.75, 3.05) is 0 Å². The van der Waals surface area contributed by atoms with Gasteiger partial charge in [0.25, 0.3) is 0 Å². The first kappa shape index (κ1) is 19.5. The maximum atomic E-state index is 12.2. The molecule has 2 atom stereocenters. The summed E-state index contributed by atoms with van der Waals surface area (Å²) in [7, 11) is -1.22. The Hall–Kier alpha value is -1.78. The Balaban J connectivity index is 2.15. The molecule has 2 rings (SSSR count). The Morgan fingerprint density at radius 2 is 1.40 bits per heavy atom. The lowest BCUT2D eigenvalue weighted by Gasteiger charge is -2.27. The monoisotopic (exact) mass is 356 g/mol. The number of benzene rings is 2. The molecule has 25 heavy (non-hydrogen) atoms. The lowest BCUT2D eigenvalue weighted by Crippen LogP contribution is -2.33. The van der Waals surface area contributed by atoms with Gasteiger partial charge in [0.2, 0.25) is 0 Å². The largest absolute Gasteiger partial charge is 0.287 e. The van der Waals surface area contributed by atoms with Crippen molar-refractivity contribution in [1.29, 1.82) is 0 Å². The van der Waals surface area contributed by atoms with E-state index in [1.807, 2.05) is 39.1 Å². The van der Waals surface area contributed by atoms with Crippen LogP contribution in [0.25, 0.3) is 0 Å². The highest BCUT2D eigenvalue weighted by Gasteiger charge is 2.19. The zero-order valence-corrected chi connectivity index (χ0v) is 16.4. The topological polar surface area (TPSA) is 32.7 Å². The average molecular weight is 357 g/mol. The predicted octanol–water partition coefficient (Wildman–Crippen LogP) is 4.61. The van der Waals surface area contributed by atoms with Crippen LogP contribution in [-0.2, 0) is 24.1 Å². The van der Waals surface area contributed by atoms with Gasteiger partial charge >= 0.3 is 0 Å². The summed E-state index contributed by atoms with van der Waals surface area (Å²) in [6, 6.07) is 20.9. The van der Waals surface area contributed by atoms with Crippen LogP contribution in [-0.4, -0.2) is 26.1 Å². The molecule has 0 bridgehead atoms. The van der Waals surface area contributed by atoms with Crippen molar-refractivity contribution in [1.82, 2.24) is 4.90 Å². The van der Waals surface area contributed by atoms with Crippen LogP contribution >= 0.6 is 0 Å². The van der Waals surface area contributed by atoms with Crippen molar-refractivity contribution in [2.45, 2.75) is 51.6 Å². The fraction of sp³-hybridized carbons (Fsp3) is 0.381. The zero-order valence-electron chi connectivity index (χ0n) is 15.6. The van der Waals surface area contributed by atoms with Gasteiger partial charge in [0.15, 0.2) is 0 Å². The van der Waals surface area contributed by atoms with Gasteiger partial charge < -0.3 is 0 Å². The smallest absolute Gasteiger partial charge is 0.144 e. The molecule has 1 unspecified atom stereocenters. The minimum atomic E-state index is -1.22. The predicted molar refractivity (Wildman–Crippen MR) is 108 cm³/mol. The Morgan fingerprint density at radius 3 is 1.80 bits per heavy atom. The molecular formula is C21H28N2OS. The molecule has 0 heterocycles. The van der Waals surface area contributed by atoms with Gasteiger partial charge in [0.05, 0.1) is 4.75 Å². The summed E-state index contributed by atoms with van der Waals surface area (Å²) in [5.74, 6) is 0. The second kappa shape index (κ2) is 9.07. The Labute approximate surface area is 154 Å². The molecule has 0 saturated carbocycles. The van der Waals surface area contributed by atoms with E-state index < -0.39 is 11.0 Å². The van der Waals surface area contributed by atoms with Crippen LogP contribution in [0.5, 0.6) is 0 Å². The molecule has 0 aromatic heterocycles. The summed E-state index contributed by atoms with van der Waals surface area (Å²) in [6.07, 6.45) is 1.83. The molecule has 0 aliphatic carbocycles. The lowest BCUT2D eigenvalue weighted by atomic mass is 10.1. The van der Waals surface area contributed by atoms with Crippen LogP contribution in [0.15, 0.2) is 65.1 Å². The third-order valence-electron chi connectivity index (χ3n) is 3.93. The van der Waals surface area contributed by atoms with Crippen molar-refractivity contribution < 1.29 is 4.21 Å². The molecule has 0 spiro atoms. The zero-order chi connectivity index (χ0) is 18.3. The number of hydrogen-bond acceptors (Lipinski definition) is 2. The fourth-order valence-corrected chi connectivity index (χ4v) is 2.98. The highest BCUT2D eigenvalue weighted by Crippen LogP contribution is 2.15. The summed E-state index contributed by atoms with van der Waals surface area (Å²) < 4.78 is 16.2. The first-order valence-electron chi connectivity index (χ1n) is 8.64. The molecule has 4 heteroatoms. The van der Waals surface area contributed by atoms with Crippen LogP contribution in [0.3, 0.4) is 0 Å². The van der Waals surface area contributed by atoms with Gasteiger partial charge in [-0.3, -0.25) is 4.90 Å². The Morgan fingerprint density at radius 1 is 0.960 bits per heavy atom. The van der Waals surface area contributed by atoms with Crippen LogP contribution < -0.4 is 0 Å². The molecule has 134 valence electrons. The van der Waals surface area contributed by atoms with Crippen molar-refractivity contribution in [3.8, 4) is 0 Å². The molecule has 2 aromatic rings. The van der Waals surface area contributed by atoms with Gasteiger partial charge in [0.1, 0.15) is 11.0 Å². The Kier molecular flexibility index (Phi) is 7.09. The first-order valence-corrected chi connectivity index (χ1v) is 9.75. The second-order valence-electron chi connectivity index (χ2n) is 7.23. The van der Waals surface area contributed by atoms with Crippen LogP contribution in [0, 0.1) is 0 Å². The number of hydrogen-bond donors (Lipinski definition) is 0. The standard InChI is InChI=1S/C21H28N2OS/c1-18(15-22-25(24)21(2,3)4)23(16-19-11-7-5-8-12-19)17-20-13-9-6-10-14-20/h5-15,18H,16-17H2,1-4H3/b22-15-/t18-,25?/m0/s1. The van der Waals surface area contributed by atoms with Crippen LogP contribution in [0.2, 0.25) is 0 Å². The van der Waals surface area contributed by atoms with E-state index >= 15 is 0 Å². The number of nitrogens with zero attached hydrogens (tertiary/aromatic N) is 2. The molecule has 0 saturated heterocycles. The van der Waals surface area contributed by atoms with Gasteiger partial charge in [-0.25, -0.2) is 4.21 Å². The molecule has 0 aliphatic rings. The van der Waals surface area contributed by atoms with Gasteiger partial charge in [-0.05, 0) is 38.8 Å². The van der Waals surface area contributed by atoms with E-state index in [1.165, 1.54) is 11.1 Å². The summed E-state index contributed by atoms with van der Waals surface area (Å²) in [5, 5.41) is 0. The van der Waals surface area contributed by atoms with Crippen LogP contribution in [0.1, 0.15) is 38.8 Å². The van der Waals surface area contributed by atoms with E-state index in [2.05, 4.69) is 64.8 Å². The minimum Gasteiger partial charge on any atom is -0.287 e. The normalized spacial score (nSPS) is 14.8. The van der Waals surface area contributed by atoms with Crippen molar-refractivity contribution in [2.24, 2.45) is 4.40 Å². The van der Waals surface area contributed by atoms with Gasteiger partial charge in [-0.15, -0.1) is 0 Å². The van der Waals surface area contributed by atoms with E-state index in [-0.39, 0.29) is 10.8 Å². The molecule has 0 aliphatic heterocycles. The highest BCUT2D eigenvalue weighted by molar-refractivity contribution is 7.85. The highest BCUT2D eigenvalue weighted by atomic mass is 32.2. The molecule has 0 fully saturated rings. The molecule has 3 nitrogen and oxygen atoms in total. The summed E-state index contributed by atoms with van der Waals surface area (Å²) in [6.45, 7) is 9.58. The van der Waals surface area contributed by atoms with Gasteiger partial charge in [-0.1, -0.05) is 60.7 Å². The van der Waals surface area contributed by atoms with Crippen molar-refractivity contribution in [3.05, 3.63) is 71.8 Å². The van der Waals surface area contributed by atoms with E-state index in [0.29, 0.717) is 0 Å². The van der Waals surface area contributed by atoms with E-state index in [1.54, 1.807) is 0 Å². The molecule has 0 N–H and O–H groups in total. The third-order valence-corrected chi connectivity index (χ3v) is 5.29. The molecule has 0 radical (unpaired) electrons. The second-order valence-corrected chi connectivity index (χ2v) is 9.17. The quantitative estimate of drug-likeness (QED) is 0.679. The fourth-order valence-electron chi connectivity index (χ4n) is 2.38. The third kappa shape index (κ3) is 6.56. The molecule has 2 aromatic carbocycles. The lowest BCUT2D eigenvalue weighted by molar-refractivity contribution is 0.238. The summed E-state index contributed by atoms with van der Waals surface area (Å²) in [5.41, 5.74) is 2.52. The van der Waals surface area contributed by atoms with E-state index in [4.69, 9.17) is 0 Å². The van der Waals surface area contributed by atoms with E-state index in [9.17, 15) is 4.21 Å².